The molecule has 3 aromatic carbocycles. The zero-order valence-corrected chi connectivity index (χ0v) is 24.5. The number of benzene rings is 3. The van der Waals surface area contributed by atoms with Crippen LogP contribution in [0.3, 0.4) is 0 Å². The van der Waals surface area contributed by atoms with Gasteiger partial charge in [0.25, 0.3) is 0 Å². The van der Waals surface area contributed by atoms with Gasteiger partial charge in [0, 0.05) is 54.3 Å². The molecule has 0 saturated carbocycles. The molecule has 230 valence electrons. The molecule has 1 fully saturated rings. The highest BCUT2D eigenvalue weighted by Gasteiger charge is 2.19. The number of aromatic nitrogens is 2. The molecule has 12 heteroatoms. The summed E-state index contributed by atoms with van der Waals surface area (Å²) in [6.07, 6.45) is 0.444. The number of carbonyl (C=O) groups is 2. The van der Waals surface area contributed by atoms with Crippen molar-refractivity contribution in [2.45, 2.75) is 13.3 Å². The minimum Gasteiger partial charge on any atom is -0.461 e. The summed E-state index contributed by atoms with van der Waals surface area (Å²) in [5.74, 6) is 1.67. The summed E-state index contributed by atoms with van der Waals surface area (Å²) in [5.41, 5.74) is 3.13. The standard InChI is InChI=1S/C33H31FN6O5/c1-20(42)35-28-10-7-24(19-27(28)34)37-33(43)36-23-5-2-21(3-6-23)31-38-29-18-22(30-11-8-25(45-30)12-15-41)4-9-26(29)32(39-31)40-13-16-44-17-14-40/h2-11,18-19,41H,12-17H2,1H3,(H,35,42)(H2,36,37,43). The molecule has 0 aliphatic carbocycles. The van der Waals surface area contributed by atoms with Gasteiger partial charge in [-0.05, 0) is 66.7 Å². The Morgan fingerprint density at radius 2 is 1.62 bits per heavy atom. The lowest BCUT2D eigenvalue weighted by atomic mass is 10.1. The number of urea groups is 1. The molecule has 0 bridgehead atoms. The third-order valence-electron chi connectivity index (χ3n) is 7.23. The number of morpholine rings is 1. The molecule has 3 heterocycles. The second-order valence-corrected chi connectivity index (χ2v) is 10.5. The van der Waals surface area contributed by atoms with E-state index in [9.17, 15) is 19.1 Å². The average Bonchev–Trinajstić information content (AvgIpc) is 3.51. The first-order valence-electron chi connectivity index (χ1n) is 14.5. The molecule has 11 nitrogen and oxygen atoms in total. The molecule has 0 atom stereocenters. The van der Waals surface area contributed by atoms with Crippen molar-refractivity contribution in [1.82, 2.24) is 9.97 Å². The molecule has 3 amide bonds. The van der Waals surface area contributed by atoms with Gasteiger partial charge in [-0.3, -0.25) is 4.79 Å². The Hall–Kier alpha value is -5.33. The number of aliphatic hydroxyl groups excluding tert-OH is 1. The predicted octanol–water partition coefficient (Wildman–Crippen LogP) is 5.67. The van der Waals surface area contributed by atoms with Gasteiger partial charge in [-0.25, -0.2) is 19.2 Å². The van der Waals surface area contributed by atoms with Gasteiger partial charge in [0.1, 0.15) is 23.2 Å². The van der Waals surface area contributed by atoms with Gasteiger partial charge in [-0.15, -0.1) is 0 Å². The van der Waals surface area contributed by atoms with Gasteiger partial charge in [-0.1, -0.05) is 6.07 Å². The molecule has 0 spiro atoms. The first-order valence-corrected chi connectivity index (χ1v) is 14.5. The number of nitrogens with zero attached hydrogens (tertiary/aromatic N) is 3. The number of halogens is 1. The first kappa shape index (κ1) is 29.7. The summed E-state index contributed by atoms with van der Waals surface area (Å²) in [6.45, 7) is 3.91. The van der Waals surface area contributed by atoms with Crippen LogP contribution in [-0.4, -0.2) is 59.9 Å². The van der Waals surface area contributed by atoms with Crippen molar-refractivity contribution < 1.29 is 28.2 Å². The van der Waals surface area contributed by atoms with Crippen LogP contribution in [-0.2, 0) is 16.0 Å². The van der Waals surface area contributed by atoms with E-state index in [0.29, 0.717) is 55.8 Å². The number of carbonyl (C=O) groups excluding carboxylic acids is 2. The van der Waals surface area contributed by atoms with Gasteiger partial charge in [0.15, 0.2) is 5.82 Å². The minimum atomic E-state index is -0.665. The molecule has 1 aliphatic heterocycles. The quantitative estimate of drug-likeness (QED) is 0.176. The van der Waals surface area contributed by atoms with Gasteiger partial charge in [0.2, 0.25) is 5.91 Å². The van der Waals surface area contributed by atoms with E-state index in [4.69, 9.17) is 19.1 Å². The zero-order valence-electron chi connectivity index (χ0n) is 24.5. The average molecular weight is 611 g/mol. The van der Waals surface area contributed by atoms with Gasteiger partial charge in [0.05, 0.1) is 31.0 Å². The fourth-order valence-corrected chi connectivity index (χ4v) is 5.07. The molecular weight excluding hydrogens is 579 g/mol. The summed E-state index contributed by atoms with van der Waals surface area (Å²) in [4.78, 5) is 35.8. The highest BCUT2D eigenvalue weighted by Crippen LogP contribution is 2.32. The monoisotopic (exact) mass is 610 g/mol. The maximum atomic E-state index is 14.3. The van der Waals surface area contributed by atoms with Gasteiger partial charge >= 0.3 is 6.03 Å². The van der Waals surface area contributed by atoms with E-state index in [1.54, 1.807) is 12.1 Å². The summed E-state index contributed by atoms with van der Waals surface area (Å²) in [6, 6.07) is 20.2. The van der Waals surface area contributed by atoms with E-state index in [1.165, 1.54) is 19.1 Å². The van der Waals surface area contributed by atoms with Crippen LogP contribution in [0.15, 0.2) is 77.2 Å². The highest BCUT2D eigenvalue weighted by atomic mass is 19.1. The molecule has 0 radical (unpaired) electrons. The number of anilines is 4. The fraction of sp³-hybridized carbons (Fsp3) is 0.212. The van der Waals surface area contributed by atoms with E-state index in [1.807, 2.05) is 42.5 Å². The molecule has 4 N–H and O–H groups in total. The Bertz CT molecular complexity index is 1850. The van der Waals surface area contributed by atoms with Crippen molar-refractivity contribution in [1.29, 1.82) is 0 Å². The maximum absolute atomic E-state index is 14.3. The van der Waals surface area contributed by atoms with Crippen LogP contribution in [0, 0.1) is 5.82 Å². The van der Waals surface area contributed by atoms with Crippen LogP contribution in [0.25, 0.3) is 33.6 Å². The highest BCUT2D eigenvalue weighted by molar-refractivity contribution is 6.00. The van der Waals surface area contributed by atoms with Crippen molar-refractivity contribution in [2.24, 2.45) is 0 Å². The summed E-state index contributed by atoms with van der Waals surface area (Å²) in [5, 5.41) is 17.9. The summed E-state index contributed by atoms with van der Waals surface area (Å²) in [7, 11) is 0. The number of fused-ring (bicyclic) bond motifs is 1. The molecule has 6 rings (SSSR count). The minimum absolute atomic E-state index is 0.0119. The van der Waals surface area contributed by atoms with Gasteiger partial charge in [-0.2, -0.15) is 0 Å². The number of ether oxygens (including phenoxy) is 1. The van der Waals surface area contributed by atoms with E-state index < -0.39 is 17.8 Å². The van der Waals surface area contributed by atoms with Gasteiger partial charge < -0.3 is 35.1 Å². The number of hydrogen-bond donors (Lipinski definition) is 4. The Morgan fingerprint density at radius 3 is 2.36 bits per heavy atom. The topological polar surface area (TPSA) is 142 Å². The van der Waals surface area contributed by atoms with Crippen molar-refractivity contribution in [3.63, 3.8) is 0 Å². The van der Waals surface area contributed by atoms with Crippen LogP contribution >= 0.6 is 0 Å². The Morgan fingerprint density at radius 1 is 0.889 bits per heavy atom. The van der Waals surface area contributed by atoms with Crippen molar-refractivity contribution in [3.05, 3.63) is 84.4 Å². The lowest BCUT2D eigenvalue weighted by Crippen LogP contribution is -2.37. The fourth-order valence-electron chi connectivity index (χ4n) is 5.07. The van der Waals surface area contributed by atoms with Crippen molar-refractivity contribution >= 4 is 45.7 Å². The Balaban J connectivity index is 1.24. The number of amides is 3. The number of aliphatic hydroxyl groups is 1. The second-order valence-electron chi connectivity index (χ2n) is 10.5. The number of rotatable bonds is 8. The molecule has 0 unspecified atom stereocenters. The van der Waals surface area contributed by atoms with E-state index in [-0.39, 0.29) is 18.0 Å². The normalized spacial score (nSPS) is 13.1. The van der Waals surface area contributed by atoms with E-state index >= 15 is 0 Å². The SMILES string of the molecule is CC(=O)Nc1ccc(NC(=O)Nc2ccc(-c3nc(N4CCOCC4)c4ccc(-c5ccc(CCO)o5)cc4n3)cc2)cc1F. The van der Waals surface area contributed by atoms with Crippen molar-refractivity contribution in [3.8, 4) is 22.7 Å². The Kier molecular flexibility index (Phi) is 8.67. The lowest BCUT2D eigenvalue weighted by molar-refractivity contribution is -0.114. The second kappa shape index (κ2) is 13.1. The molecule has 45 heavy (non-hydrogen) atoms. The first-order chi connectivity index (χ1) is 21.9. The van der Waals surface area contributed by atoms with Crippen LogP contribution in [0.1, 0.15) is 12.7 Å². The van der Waals surface area contributed by atoms with E-state index in [2.05, 4.69) is 20.9 Å². The van der Waals surface area contributed by atoms with Crippen LogP contribution < -0.4 is 20.9 Å². The number of furan rings is 1. The predicted molar refractivity (Wildman–Crippen MR) is 170 cm³/mol. The molecule has 5 aromatic rings. The summed E-state index contributed by atoms with van der Waals surface area (Å²) >= 11 is 0. The maximum Gasteiger partial charge on any atom is 0.323 e. The van der Waals surface area contributed by atoms with E-state index in [0.717, 1.165) is 33.9 Å². The lowest BCUT2D eigenvalue weighted by Gasteiger charge is -2.29. The van der Waals surface area contributed by atoms with Crippen LogP contribution in [0.2, 0.25) is 0 Å². The summed E-state index contributed by atoms with van der Waals surface area (Å²) < 4.78 is 25.7. The molecule has 2 aromatic heterocycles. The molecular formula is C33H31FN6O5. The third-order valence-corrected chi connectivity index (χ3v) is 7.23. The van der Waals surface area contributed by atoms with Crippen LogP contribution in [0.4, 0.5) is 32.1 Å². The molecule has 1 aliphatic rings. The Labute approximate surface area is 258 Å². The third kappa shape index (κ3) is 6.92. The number of nitrogens with one attached hydrogen (secondary N) is 3. The zero-order chi connectivity index (χ0) is 31.3. The number of hydrogen-bond acceptors (Lipinski definition) is 8. The smallest absolute Gasteiger partial charge is 0.323 e. The molecule has 1 saturated heterocycles. The van der Waals surface area contributed by atoms with Crippen LogP contribution in [0.5, 0.6) is 0 Å². The van der Waals surface area contributed by atoms with Crippen molar-refractivity contribution in [2.75, 3.05) is 53.8 Å². The largest absolute Gasteiger partial charge is 0.461 e.